The van der Waals surface area contributed by atoms with E-state index in [2.05, 4.69) is 79.0 Å². The van der Waals surface area contributed by atoms with E-state index >= 15 is 0 Å². The highest BCUT2D eigenvalue weighted by atomic mass is 79.9. The molecular formula is C17H16Br3F. The lowest BCUT2D eigenvalue weighted by Crippen LogP contribution is -2.33. The summed E-state index contributed by atoms with van der Waals surface area (Å²) in [7, 11) is 0. The monoisotopic (exact) mass is 476 g/mol. The number of hydrogen-bond donors (Lipinski definition) is 0. The van der Waals surface area contributed by atoms with Gasteiger partial charge in [-0.1, -0.05) is 67.8 Å². The SMILES string of the molecule is Cc1ccc(C(CBr)(CBr)Cc2ccc(F)c(Br)c2)cc1. The van der Waals surface area contributed by atoms with E-state index in [4.69, 9.17) is 0 Å². The highest BCUT2D eigenvalue weighted by molar-refractivity contribution is 9.10. The summed E-state index contributed by atoms with van der Waals surface area (Å²) in [6, 6.07) is 13.9. The first kappa shape index (κ1) is 17.2. The van der Waals surface area contributed by atoms with Gasteiger partial charge in [0.15, 0.2) is 0 Å². The van der Waals surface area contributed by atoms with Gasteiger partial charge in [0.05, 0.1) is 4.47 Å². The number of alkyl halides is 2. The molecule has 0 aliphatic heterocycles. The van der Waals surface area contributed by atoms with Gasteiger partial charge in [0, 0.05) is 16.1 Å². The van der Waals surface area contributed by atoms with Crippen LogP contribution in [0.2, 0.25) is 0 Å². The van der Waals surface area contributed by atoms with Gasteiger partial charge >= 0.3 is 0 Å². The molecule has 112 valence electrons. The maximum absolute atomic E-state index is 13.4. The van der Waals surface area contributed by atoms with Crippen molar-refractivity contribution in [3.63, 3.8) is 0 Å². The minimum atomic E-state index is -0.225. The number of halogens is 4. The van der Waals surface area contributed by atoms with E-state index in [9.17, 15) is 4.39 Å². The van der Waals surface area contributed by atoms with Crippen LogP contribution in [0.3, 0.4) is 0 Å². The summed E-state index contributed by atoms with van der Waals surface area (Å²) in [5.41, 5.74) is 3.59. The molecule has 0 heterocycles. The number of benzene rings is 2. The van der Waals surface area contributed by atoms with Crippen molar-refractivity contribution >= 4 is 47.8 Å². The lowest BCUT2D eigenvalue weighted by molar-refractivity contribution is 0.549. The Morgan fingerprint density at radius 2 is 1.62 bits per heavy atom. The summed E-state index contributed by atoms with van der Waals surface area (Å²) in [5, 5.41) is 1.67. The minimum Gasteiger partial charge on any atom is -0.206 e. The molecule has 2 rings (SSSR count). The zero-order valence-electron chi connectivity index (χ0n) is 11.7. The van der Waals surface area contributed by atoms with Gasteiger partial charge in [-0.3, -0.25) is 0 Å². The molecule has 0 radical (unpaired) electrons. The van der Waals surface area contributed by atoms with E-state index in [0.29, 0.717) is 4.47 Å². The Kier molecular flexibility index (Phi) is 6.04. The van der Waals surface area contributed by atoms with Crippen LogP contribution in [0.1, 0.15) is 16.7 Å². The highest BCUT2D eigenvalue weighted by Gasteiger charge is 2.30. The van der Waals surface area contributed by atoms with E-state index in [0.717, 1.165) is 22.6 Å². The van der Waals surface area contributed by atoms with Crippen LogP contribution < -0.4 is 0 Å². The predicted molar refractivity (Wildman–Crippen MR) is 98.2 cm³/mol. The van der Waals surface area contributed by atoms with Crippen molar-refractivity contribution in [2.45, 2.75) is 18.8 Å². The second-order valence-electron chi connectivity index (χ2n) is 5.34. The van der Waals surface area contributed by atoms with Crippen LogP contribution >= 0.6 is 47.8 Å². The molecule has 0 spiro atoms. The molecule has 4 heteroatoms. The van der Waals surface area contributed by atoms with Gasteiger partial charge in [-0.05, 0) is 52.5 Å². The molecule has 2 aromatic rings. The number of rotatable bonds is 5. The van der Waals surface area contributed by atoms with E-state index in [1.54, 1.807) is 0 Å². The summed E-state index contributed by atoms with van der Waals surface area (Å²) in [4.78, 5) is 0. The van der Waals surface area contributed by atoms with Crippen molar-refractivity contribution in [3.05, 3.63) is 69.4 Å². The maximum Gasteiger partial charge on any atom is 0.137 e. The Hall–Kier alpha value is -0.190. The molecular weight excluding hydrogens is 463 g/mol. The van der Waals surface area contributed by atoms with Crippen LogP contribution in [0, 0.1) is 12.7 Å². The zero-order valence-corrected chi connectivity index (χ0v) is 16.4. The number of aryl methyl sites for hydroxylation is 1. The molecule has 0 fully saturated rings. The van der Waals surface area contributed by atoms with Crippen LogP contribution in [0.4, 0.5) is 4.39 Å². The second-order valence-corrected chi connectivity index (χ2v) is 7.31. The summed E-state index contributed by atoms with van der Waals surface area (Å²) in [6.07, 6.45) is 0.839. The van der Waals surface area contributed by atoms with E-state index in [1.807, 2.05) is 12.1 Å². The quantitative estimate of drug-likeness (QED) is 0.451. The lowest BCUT2D eigenvalue weighted by Gasteiger charge is -2.31. The molecule has 0 aromatic heterocycles. The van der Waals surface area contributed by atoms with Gasteiger partial charge in [-0.25, -0.2) is 4.39 Å². The fraction of sp³-hybridized carbons (Fsp3) is 0.294. The Bertz CT molecular complexity index is 604. The van der Waals surface area contributed by atoms with Gasteiger partial charge in [0.2, 0.25) is 0 Å². The fourth-order valence-electron chi connectivity index (χ4n) is 2.33. The predicted octanol–water partition coefficient (Wildman–Crippen LogP) is 6.17. The van der Waals surface area contributed by atoms with E-state index in [-0.39, 0.29) is 11.2 Å². The Balaban J connectivity index is 2.37. The first-order valence-corrected chi connectivity index (χ1v) is 9.67. The molecule has 0 unspecified atom stereocenters. The largest absolute Gasteiger partial charge is 0.206 e. The van der Waals surface area contributed by atoms with Gasteiger partial charge in [0.1, 0.15) is 5.82 Å². The third kappa shape index (κ3) is 3.96. The topological polar surface area (TPSA) is 0 Å². The lowest BCUT2D eigenvalue weighted by atomic mass is 9.79. The summed E-state index contributed by atoms with van der Waals surface area (Å²) < 4.78 is 13.9. The van der Waals surface area contributed by atoms with E-state index in [1.165, 1.54) is 17.2 Å². The maximum atomic E-state index is 13.4. The zero-order chi connectivity index (χ0) is 15.5. The van der Waals surface area contributed by atoms with Crippen LogP contribution in [0.25, 0.3) is 0 Å². The van der Waals surface area contributed by atoms with Gasteiger partial charge < -0.3 is 0 Å². The van der Waals surface area contributed by atoms with Crippen molar-refractivity contribution in [3.8, 4) is 0 Å². The van der Waals surface area contributed by atoms with Gasteiger partial charge in [0.25, 0.3) is 0 Å². The standard InChI is InChI=1S/C17H16Br3F/c1-12-2-5-14(6-3-12)17(10-18,11-19)9-13-4-7-16(21)15(20)8-13/h2-8H,9-11H2,1H3. The average molecular weight is 479 g/mol. The third-order valence-corrected chi connectivity index (χ3v) is 6.46. The molecule has 0 N–H and O–H groups in total. The van der Waals surface area contributed by atoms with Crippen molar-refractivity contribution in [2.24, 2.45) is 0 Å². The molecule has 2 aromatic carbocycles. The molecule has 0 nitrogen and oxygen atoms in total. The first-order valence-electron chi connectivity index (χ1n) is 6.64. The Morgan fingerprint density at radius 1 is 1.00 bits per heavy atom. The molecule has 0 aliphatic rings. The third-order valence-electron chi connectivity index (χ3n) is 3.70. The van der Waals surface area contributed by atoms with Gasteiger partial charge in [-0.2, -0.15) is 0 Å². The smallest absolute Gasteiger partial charge is 0.137 e. The molecule has 0 atom stereocenters. The fourth-order valence-corrected chi connectivity index (χ4v) is 4.73. The van der Waals surface area contributed by atoms with Crippen molar-refractivity contribution in [1.82, 2.24) is 0 Å². The van der Waals surface area contributed by atoms with Crippen LogP contribution in [-0.4, -0.2) is 10.7 Å². The summed E-state index contributed by atoms with van der Waals surface area (Å²) >= 11 is 10.6. The van der Waals surface area contributed by atoms with Crippen molar-refractivity contribution in [1.29, 1.82) is 0 Å². The summed E-state index contributed by atoms with van der Waals surface area (Å²) in [6.45, 7) is 2.09. The average Bonchev–Trinajstić information content (AvgIpc) is 2.49. The van der Waals surface area contributed by atoms with Crippen LogP contribution in [0.15, 0.2) is 46.9 Å². The van der Waals surface area contributed by atoms with Crippen LogP contribution in [0.5, 0.6) is 0 Å². The van der Waals surface area contributed by atoms with E-state index < -0.39 is 0 Å². The molecule has 0 aliphatic carbocycles. The molecule has 0 bridgehead atoms. The minimum absolute atomic E-state index is 0.0506. The van der Waals surface area contributed by atoms with Crippen molar-refractivity contribution in [2.75, 3.05) is 10.7 Å². The normalized spacial score (nSPS) is 11.7. The molecule has 21 heavy (non-hydrogen) atoms. The van der Waals surface area contributed by atoms with Crippen LogP contribution in [-0.2, 0) is 11.8 Å². The van der Waals surface area contributed by atoms with Gasteiger partial charge in [-0.15, -0.1) is 0 Å². The second kappa shape index (κ2) is 7.38. The first-order chi connectivity index (χ1) is 10.0. The highest BCUT2D eigenvalue weighted by Crippen LogP contribution is 2.34. The molecule has 0 saturated carbocycles. The Labute approximate surface area is 150 Å². The molecule has 0 amide bonds. The van der Waals surface area contributed by atoms with Crippen molar-refractivity contribution < 1.29 is 4.39 Å². The summed E-state index contributed by atoms with van der Waals surface area (Å²) in [5.74, 6) is -0.225. The molecule has 0 saturated heterocycles. The Morgan fingerprint density at radius 3 is 2.14 bits per heavy atom. The number of hydrogen-bond acceptors (Lipinski definition) is 0.